The first kappa shape index (κ1) is 23.6. The maximum atomic E-state index is 13.6. The summed E-state index contributed by atoms with van der Waals surface area (Å²) >= 11 is 5.77. The third-order valence-electron chi connectivity index (χ3n) is 7.32. The Kier molecular flexibility index (Phi) is 5.76. The predicted octanol–water partition coefficient (Wildman–Crippen LogP) is 3.76. The maximum absolute atomic E-state index is 13.6. The minimum Gasteiger partial charge on any atom is -0.369 e. The zero-order valence-electron chi connectivity index (χ0n) is 19.3. The number of benzene rings is 2. The molecule has 2 heterocycles. The van der Waals surface area contributed by atoms with Crippen LogP contribution in [0.4, 0.5) is 30.2 Å². The van der Waals surface area contributed by atoms with Gasteiger partial charge < -0.3 is 14.6 Å². The third-order valence-corrected chi connectivity index (χ3v) is 7.68. The number of anilines is 3. The molecule has 1 spiro atoms. The van der Waals surface area contributed by atoms with Gasteiger partial charge in [0.05, 0.1) is 22.9 Å². The van der Waals surface area contributed by atoms with Gasteiger partial charge in [-0.1, -0.05) is 0 Å². The molecule has 5 rings (SSSR count). The van der Waals surface area contributed by atoms with Crippen molar-refractivity contribution >= 4 is 48.2 Å². The number of nitrogens with zero attached hydrogens (tertiary/aromatic N) is 5. The second-order valence-electron chi connectivity index (χ2n) is 9.33. The number of alkyl halides is 3. The summed E-state index contributed by atoms with van der Waals surface area (Å²) in [5, 5.41) is 18.4. The first-order valence-corrected chi connectivity index (χ1v) is 11.9. The van der Waals surface area contributed by atoms with Crippen LogP contribution in [0.1, 0.15) is 30.4 Å². The molecule has 180 valence electrons. The number of halogens is 3. The lowest BCUT2D eigenvalue weighted by Crippen LogP contribution is -2.55. The van der Waals surface area contributed by atoms with Crippen molar-refractivity contribution in [2.45, 2.75) is 31.0 Å². The first-order valence-electron chi connectivity index (χ1n) is 11.5. The lowest BCUT2D eigenvalue weighted by atomic mass is 9.75. The molecule has 0 amide bonds. The van der Waals surface area contributed by atoms with E-state index in [1.54, 1.807) is 6.07 Å². The van der Waals surface area contributed by atoms with Crippen molar-refractivity contribution in [3.05, 3.63) is 53.6 Å². The Bertz CT molecular complexity index is 1210. The van der Waals surface area contributed by atoms with E-state index in [4.69, 9.17) is 22.9 Å². The fraction of sp³-hybridized carbons (Fsp3) is 0.375. The monoisotopic (exact) mass is 496 g/mol. The summed E-state index contributed by atoms with van der Waals surface area (Å²) in [6.45, 7) is 3.89. The van der Waals surface area contributed by atoms with Gasteiger partial charge in [-0.05, 0) is 73.9 Å². The molecule has 1 aliphatic carbocycles. The fourth-order valence-corrected chi connectivity index (χ4v) is 5.62. The van der Waals surface area contributed by atoms with Crippen LogP contribution in [0.25, 0.3) is 0 Å². The van der Waals surface area contributed by atoms with E-state index in [9.17, 15) is 13.2 Å². The molecule has 2 aromatic carbocycles. The van der Waals surface area contributed by atoms with E-state index in [1.807, 2.05) is 29.2 Å². The molecule has 0 radical (unpaired) electrons. The van der Waals surface area contributed by atoms with Gasteiger partial charge in [-0.3, -0.25) is 10.3 Å². The van der Waals surface area contributed by atoms with Gasteiger partial charge in [0.2, 0.25) is 0 Å². The summed E-state index contributed by atoms with van der Waals surface area (Å²) < 4.78 is 40.8. The summed E-state index contributed by atoms with van der Waals surface area (Å²) in [6, 6.07) is 13.2. The highest BCUT2D eigenvalue weighted by molar-refractivity contribution is 7.81. The first-order chi connectivity index (χ1) is 16.7. The normalized spacial score (nSPS) is 20.3. The van der Waals surface area contributed by atoms with Gasteiger partial charge in [-0.25, -0.2) is 0 Å². The zero-order valence-corrected chi connectivity index (χ0v) is 20.1. The molecule has 3 aliphatic rings. The van der Waals surface area contributed by atoms with Crippen LogP contribution in [-0.4, -0.2) is 55.5 Å². The SMILES string of the molecule is BN1CCN(c2ccc(N3C(=S)N(c4ccc(C#N)c(C(F)(F)F)c4)C(=N)C34CCC4)cc2)CC1. The van der Waals surface area contributed by atoms with Gasteiger partial charge in [-0.2, -0.15) is 18.4 Å². The molecule has 3 fully saturated rings. The molecule has 0 atom stereocenters. The highest BCUT2D eigenvalue weighted by Crippen LogP contribution is 2.48. The average Bonchev–Trinajstić information content (AvgIpc) is 3.05. The summed E-state index contributed by atoms with van der Waals surface area (Å²) in [5.41, 5.74) is -0.0564. The molecule has 0 bridgehead atoms. The molecule has 2 aliphatic heterocycles. The van der Waals surface area contributed by atoms with Crippen molar-refractivity contribution < 1.29 is 13.2 Å². The predicted molar refractivity (Wildman–Crippen MR) is 137 cm³/mol. The summed E-state index contributed by atoms with van der Waals surface area (Å²) in [6.07, 6.45) is -2.37. The van der Waals surface area contributed by atoms with Crippen molar-refractivity contribution in [3.8, 4) is 6.07 Å². The molecular weight excluding hydrogens is 472 g/mol. The molecule has 2 aromatic rings. The van der Waals surface area contributed by atoms with Gasteiger partial charge in [0.1, 0.15) is 11.4 Å². The lowest BCUT2D eigenvalue weighted by Gasteiger charge is -2.44. The number of amidine groups is 1. The van der Waals surface area contributed by atoms with Gasteiger partial charge in [0, 0.05) is 37.6 Å². The summed E-state index contributed by atoms with van der Waals surface area (Å²) in [5.74, 6) is 0.176. The van der Waals surface area contributed by atoms with Crippen molar-refractivity contribution in [2.75, 3.05) is 40.9 Å². The van der Waals surface area contributed by atoms with Crippen molar-refractivity contribution in [2.24, 2.45) is 0 Å². The van der Waals surface area contributed by atoms with Gasteiger partial charge in [0.25, 0.3) is 0 Å². The molecule has 6 nitrogen and oxygen atoms in total. The van der Waals surface area contributed by atoms with E-state index in [-0.39, 0.29) is 16.6 Å². The number of hydrogen-bond donors (Lipinski definition) is 1. The van der Waals surface area contributed by atoms with Crippen molar-refractivity contribution in [1.82, 2.24) is 4.81 Å². The van der Waals surface area contributed by atoms with Crippen molar-refractivity contribution in [1.29, 1.82) is 10.7 Å². The number of hydrogen-bond acceptors (Lipinski definition) is 5. The Morgan fingerprint density at radius 1 is 0.971 bits per heavy atom. The molecule has 35 heavy (non-hydrogen) atoms. The number of piperazine rings is 1. The number of nitrogens with one attached hydrogen (secondary N) is 1. The van der Waals surface area contributed by atoms with E-state index in [0.717, 1.165) is 56.1 Å². The van der Waals surface area contributed by atoms with E-state index in [1.165, 1.54) is 11.0 Å². The van der Waals surface area contributed by atoms with Crippen molar-refractivity contribution in [3.63, 3.8) is 0 Å². The molecule has 2 saturated heterocycles. The smallest absolute Gasteiger partial charge is 0.369 e. The second-order valence-corrected chi connectivity index (χ2v) is 9.70. The van der Waals surface area contributed by atoms with Crippen LogP contribution in [0.15, 0.2) is 42.5 Å². The zero-order chi connectivity index (χ0) is 25.0. The summed E-state index contributed by atoms with van der Waals surface area (Å²) in [4.78, 5) is 7.96. The van der Waals surface area contributed by atoms with Gasteiger partial charge in [-0.15, -0.1) is 0 Å². The Labute approximate surface area is 208 Å². The van der Waals surface area contributed by atoms with E-state index in [0.29, 0.717) is 12.8 Å². The highest BCUT2D eigenvalue weighted by Gasteiger charge is 2.57. The molecule has 11 heteroatoms. The van der Waals surface area contributed by atoms with Crippen LogP contribution in [0.3, 0.4) is 0 Å². The van der Waals surface area contributed by atoms with Crippen LogP contribution >= 0.6 is 12.2 Å². The van der Waals surface area contributed by atoms with Gasteiger partial charge >= 0.3 is 6.18 Å². The quantitative estimate of drug-likeness (QED) is 0.516. The maximum Gasteiger partial charge on any atom is 0.417 e. The number of nitriles is 1. The van der Waals surface area contributed by atoms with Crippen LogP contribution < -0.4 is 14.7 Å². The van der Waals surface area contributed by atoms with Gasteiger partial charge in [0.15, 0.2) is 13.1 Å². The van der Waals surface area contributed by atoms with E-state index < -0.39 is 22.8 Å². The highest BCUT2D eigenvalue weighted by atomic mass is 32.1. The molecule has 1 N–H and O–H groups in total. The fourth-order valence-electron chi connectivity index (χ4n) is 5.14. The second kappa shape index (κ2) is 8.54. The van der Waals surface area contributed by atoms with Crippen LogP contribution in [0.2, 0.25) is 0 Å². The van der Waals surface area contributed by atoms with E-state index >= 15 is 0 Å². The average molecular weight is 496 g/mol. The Morgan fingerprint density at radius 2 is 1.57 bits per heavy atom. The molecule has 0 unspecified atom stereocenters. The standard InChI is InChI=1S/C24H24BF3N6S/c25-32-12-10-31(11-13-32)17-4-6-18(7-5-17)34-22(35)33(21(30)23(34)8-1-9-23)19-3-2-16(15-29)20(14-19)24(26,27)28/h2-7,14,30H,1,8-13,25H2. The molecule has 1 saturated carbocycles. The Morgan fingerprint density at radius 3 is 2.11 bits per heavy atom. The number of rotatable bonds is 3. The molecule has 0 aromatic heterocycles. The molecular formula is C24H24BF3N6S. The Balaban J connectivity index is 1.48. The minimum atomic E-state index is -4.68. The summed E-state index contributed by atoms with van der Waals surface area (Å²) in [7, 11) is 2.11. The van der Waals surface area contributed by atoms with Crippen LogP contribution in [0.5, 0.6) is 0 Å². The lowest BCUT2D eigenvalue weighted by molar-refractivity contribution is -0.137. The van der Waals surface area contributed by atoms with Crippen LogP contribution in [-0.2, 0) is 6.18 Å². The Hall–Kier alpha value is -3.10. The van der Waals surface area contributed by atoms with Crippen LogP contribution in [0, 0.1) is 16.7 Å². The largest absolute Gasteiger partial charge is 0.417 e. The minimum absolute atomic E-state index is 0.147. The van der Waals surface area contributed by atoms with E-state index in [2.05, 4.69) is 17.7 Å². The number of thiocarbonyl (C=S) groups is 1. The topological polar surface area (TPSA) is 60.6 Å². The third kappa shape index (κ3) is 3.85.